The number of nitrogens with zero attached hydrogens (tertiary/aromatic N) is 2. The van der Waals surface area contributed by atoms with E-state index >= 15 is 0 Å². The molecule has 0 radical (unpaired) electrons. The number of carbonyl (C=O) groups excluding carboxylic acids is 1. The number of hydrogen-bond acceptors (Lipinski definition) is 5. The summed E-state index contributed by atoms with van der Waals surface area (Å²) >= 11 is 0. The van der Waals surface area contributed by atoms with Crippen LogP contribution in [-0.4, -0.2) is 23.2 Å². The van der Waals surface area contributed by atoms with Crippen molar-refractivity contribution in [3.05, 3.63) is 30.2 Å². The first-order valence-corrected chi connectivity index (χ1v) is 5.96. The second-order valence-corrected chi connectivity index (χ2v) is 3.87. The average molecular weight is 261 g/mol. The summed E-state index contributed by atoms with van der Waals surface area (Å²) in [6, 6.07) is 7.37. The van der Waals surface area contributed by atoms with Crippen molar-refractivity contribution < 1.29 is 14.1 Å². The van der Waals surface area contributed by atoms with E-state index in [4.69, 9.17) is 9.26 Å². The second kappa shape index (κ2) is 5.99. The van der Waals surface area contributed by atoms with Crippen molar-refractivity contribution >= 4 is 5.91 Å². The Labute approximate surface area is 110 Å². The quantitative estimate of drug-likeness (QED) is 0.887. The molecule has 100 valence electrons. The minimum atomic E-state index is -0.0545. The number of hydrogen-bond donors (Lipinski definition) is 1. The summed E-state index contributed by atoms with van der Waals surface area (Å²) in [5, 5.41) is 6.55. The number of rotatable bonds is 5. The van der Waals surface area contributed by atoms with Gasteiger partial charge < -0.3 is 14.6 Å². The number of carbonyl (C=O) groups is 1. The zero-order chi connectivity index (χ0) is 13.7. The SMILES string of the molecule is CCC(=O)NCc1nc(-c2cccc(OC)c2)no1. The maximum atomic E-state index is 11.1. The molecule has 0 spiro atoms. The topological polar surface area (TPSA) is 77.2 Å². The summed E-state index contributed by atoms with van der Waals surface area (Å²) in [6.07, 6.45) is 0.427. The molecule has 2 rings (SSSR count). The largest absolute Gasteiger partial charge is 0.497 e. The smallest absolute Gasteiger partial charge is 0.246 e. The normalized spacial score (nSPS) is 10.2. The molecule has 1 heterocycles. The van der Waals surface area contributed by atoms with E-state index in [1.807, 2.05) is 24.3 Å². The fourth-order valence-corrected chi connectivity index (χ4v) is 1.51. The van der Waals surface area contributed by atoms with Gasteiger partial charge >= 0.3 is 0 Å². The molecular formula is C13H15N3O3. The van der Waals surface area contributed by atoms with Gasteiger partial charge in [-0.15, -0.1) is 0 Å². The molecule has 0 aliphatic heterocycles. The lowest BCUT2D eigenvalue weighted by Crippen LogP contribution is -2.21. The van der Waals surface area contributed by atoms with Crippen LogP contribution in [0.5, 0.6) is 5.75 Å². The van der Waals surface area contributed by atoms with Gasteiger partial charge in [0.15, 0.2) is 0 Å². The first kappa shape index (κ1) is 13.1. The Hall–Kier alpha value is -2.37. The van der Waals surface area contributed by atoms with Crippen molar-refractivity contribution in [3.8, 4) is 17.1 Å². The van der Waals surface area contributed by atoms with Crippen molar-refractivity contribution in [2.75, 3.05) is 7.11 Å². The highest BCUT2D eigenvalue weighted by molar-refractivity contribution is 5.75. The summed E-state index contributed by atoms with van der Waals surface area (Å²) in [6.45, 7) is 2.02. The molecule has 1 aromatic heterocycles. The van der Waals surface area contributed by atoms with E-state index in [9.17, 15) is 4.79 Å². The highest BCUT2D eigenvalue weighted by Crippen LogP contribution is 2.21. The summed E-state index contributed by atoms with van der Waals surface area (Å²) in [4.78, 5) is 15.3. The van der Waals surface area contributed by atoms with Crippen LogP contribution in [0.25, 0.3) is 11.4 Å². The van der Waals surface area contributed by atoms with Crippen LogP contribution >= 0.6 is 0 Å². The first-order valence-electron chi connectivity index (χ1n) is 5.96. The fourth-order valence-electron chi connectivity index (χ4n) is 1.51. The molecular weight excluding hydrogens is 246 g/mol. The van der Waals surface area contributed by atoms with Gasteiger partial charge in [0.05, 0.1) is 13.7 Å². The van der Waals surface area contributed by atoms with Crippen molar-refractivity contribution in [2.24, 2.45) is 0 Å². The lowest BCUT2D eigenvalue weighted by atomic mass is 10.2. The third kappa shape index (κ3) is 3.31. The van der Waals surface area contributed by atoms with Crippen LogP contribution < -0.4 is 10.1 Å². The van der Waals surface area contributed by atoms with Gasteiger partial charge in [0, 0.05) is 12.0 Å². The molecule has 0 bridgehead atoms. The van der Waals surface area contributed by atoms with Gasteiger partial charge in [0.2, 0.25) is 17.6 Å². The molecule has 0 atom stereocenters. The van der Waals surface area contributed by atoms with Crippen molar-refractivity contribution in [3.63, 3.8) is 0 Å². The first-order chi connectivity index (χ1) is 9.22. The highest BCUT2D eigenvalue weighted by Gasteiger charge is 2.09. The number of methoxy groups -OCH3 is 1. The molecule has 0 aliphatic rings. The molecule has 1 N–H and O–H groups in total. The van der Waals surface area contributed by atoms with Crippen LogP contribution in [0.3, 0.4) is 0 Å². The number of ether oxygens (including phenoxy) is 1. The summed E-state index contributed by atoms with van der Waals surface area (Å²) < 4.78 is 10.2. The zero-order valence-corrected chi connectivity index (χ0v) is 10.8. The van der Waals surface area contributed by atoms with Gasteiger partial charge in [0.1, 0.15) is 5.75 Å². The maximum Gasteiger partial charge on any atom is 0.246 e. The van der Waals surface area contributed by atoms with Crippen molar-refractivity contribution in [1.29, 1.82) is 0 Å². The van der Waals surface area contributed by atoms with Gasteiger partial charge in [-0.1, -0.05) is 24.2 Å². The Morgan fingerprint density at radius 2 is 2.32 bits per heavy atom. The van der Waals surface area contributed by atoms with E-state index < -0.39 is 0 Å². The molecule has 2 aromatic rings. The predicted octanol–water partition coefficient (Wildman–Crippen LogP) is 1.77. The standard InChI is InChI=1S/C13H15N3O3/c1-3-11(17)14-8-12-15-13(16-19-12)9-5-4-6-10(7-9)18-2/h4-7H,3,8H2,1-2H3,(H,14,17). The fraction of sp³-hybridized carbons (Fsp3) is 0.308. The van der Waals surface area contributed by atoms with Gasteiger partial charge in [0.25, 0.3) is 0 Å². The van der Waals surface area contributed by atoms with E-state index in [-0.39, 0.29) is 12.5 Å². The molecule has 0 unspecified atom stereocenters. The van der Waals surface area contributed by atoms with Crippen LogP contribution in [0.4, 0.5) is 0 Å². The van der Waals surface area contributed by atoms with E-state index in [1.165, 1.54) is 0 Å². The summed E-state index contributed by atoms with van der Waals surface area (Å²) in [5.41, 5.74) is 0.802. The van der Waals surface area contributed by atoms with E-state index in [2.05, 4.69) is 15.5 Å². The molecule has 1 amide bonds. The Bertz CT molecular complexity index is 566. The Kier molecular flexibility index (Phi) is 4.12. The zero-order valence-electron chi connectivity index (χ0n) is 10.8. The lowest BCUT2D eigenvalue weighted by Gasteiger charge is -2.00. The predicted molar refractivity (Wildman–Crippen MR) is 68.4 cm³/mol. The van der Waals surface area contributed by atoms with Gasteiger partial charge in [-0.05, 0) is 12.1 Å². The van der Waals surface area contributed by atoms with E-state index in [0.29, 0.717) is 18.1 Å². The minimum absolute atomic E-state index is 0.0545. The maximum absolute atomic E-state index is 11.1. The van der Waals surface area contributed by atoms with Gasteiger partial charge in [-0.2, -0.15) is 4.98 Å². The molecule has 19 heavy (non-hydrogen) atoms. The van der Waals surface area contributed by atoms with Gasteiger partial charge in [-0.3, -0.25) is 4.79 Å². The third-order valence-electron chi connectivity index (χ3n) is 2.55. The van der Waals surface area contributed by atoms with E-state index in [0.717, 1.165) is 11.3 Å². The monoisotopic (exact) mass is 261 g/mol. The molecule has 6 nitrogen and oxygen atoms in total. The van der Waals surface area contributed by atoms with Crippen LogP contribution in [0, 0.1) is 0 Å². The third-order valence-corrected chi connectivity index (χ3v) is 2.55. The summed E-state index contributed by atoms with van der Waals surface area (Å²) in [5.74, 6) is 1.52. The Morgan fingerprint density at radius 1 is 1.47 bits per heavy atom. The van der Waals surface area contributed by atoms with Crippen LogP contribution in [-0.2, 0) is 11.3 Å². The molecule has 1 aromatic carbocycles. The van der Waals surface area contributed by atoms with Gasteiger partial charge in [-0.25, -0.2) is 0 Å². The molecule has 0 saturated heterocycles. The lowest BCUT2D eigenvalue weighted by molar-refractivity contribution is -0.121. The molecule has 0 saturated carbocycles. The number of benzene rings is 1. The average Bonchev–Trinajstić information content (AvgIpc) is 2.93. The van der Waals surface area contributed by atoms with Crippen molar-refractivity contribution in [1.82, 2.24) is 15.5 Å². The molecule has 6 heteroatoms. The Balaban J connectivity index is 2.09. The number of aromatic nitrogens is 2. The minimum Gasteiger partial charge on any atom is -0.497 e. The second-order valence-electron chi connectivity index (χ2n) is 3.87. The highest BCUT2D eigenvalue weighted by atomic mass is 16.5. The van der Waals surface area contributed by atoms with Crippen LogP contribution in [0.2, 0.25) is 0 Å². The number of nitrogens with one attached hydrogen (secondary N) is 1. The van der Waals surface area contributed by atoms with Crippen LogP contribution in [0.1, 0.15) is 19.2 Å². The summed E-state index contributed by atoms with van der Waals surface area (Å²) in [7, 11) is 1.60. The van der Waals surface area contributed by atoms with Crippen molar-refractivity contribution in [2.45, 2.75) is 19.9 Å². The molecule has 0 aliphatic carbocycles. The van der Waals surface area contributed by atoms with Crippen LogP contribution in [0.15, 0.2) is 28.8 Å². The van der Waals surface area contributed by atoms with E-state index in [1.54, 1.807) is 14.0 Å². The number of amides is 1. The Morgan fingerprint density at radius 3 is 3.05 bits per heavy atom. The molecule has 0 fully saturated rings.